The van der Waals surface area contributed by atoms with Gasteiger partial charge < -0.3 is 10.6 Å². The summed E-state index contributed by atoms with van der Waals surface area (Å²) in [6.07, 6.45) is 3.36. The Bertz CT molecular complexity index is 463. The first kappa shape index (κ1) is 11.9. The van der Waals surface area contributed by atoms with E-state index < -0.39 is 0 Å². The van der Waals surface area contributed by atoms with Gasteiger partial charge in [0.15, 0.2) is 5.69 Å². The highest BCUT2D eigenvalue weighted by Gasteiger charge is 2.32. The Labute approximate surface area is 110 Å². The Morgan fingerprint density at radius 2 is 2.28 bits per heavy atom. The number of aromatic amines is 1. The molecular formula is C12H18N4OS. The maximum absolute atomic E-state index is 12.4. The van der Waals surface area contributed by atoms with E-state index in [0.717, 1.165) is 36.5 Å². The second kappa shape index (κ2) is 4.50. The molecule has 3 N–H and O–H groups in total. The monoisotopic (exact) mass is 266 g/mol. The lowest BCUT2D eigenvalue weighted by Crippen LogP contribution is -2.37. The number of rotatable bonds is 3. The fourth-order valence-corrected chi connectivity index (χ4v) is 3.64. The van der Waals surface area contributed by atoms with Gasteiger partial charge in [0, 0.05) is 24.8 Å². The number of thioether (sulfide) groups is 1. The first-order valence-electron chi connectivity index (χ1n) is 6.37. The minimum Gasteiger partial charge on any atom is -0.395 e. The average molecular weight is 266 g/mol. The zero-order valence-electron chi connectivity index (χ0n) is 10.5. The smallest absolute Gasteiger partial charge is 0.276 e. The van der Waals surface area contributed by atoms with Crippen LogP contribution >= 0.6 is 11.8 Å². The van der Waals surface area contributed by atoms with E-state index >= 15 is 0 Å². The quantitative estimate of drug-likeness (QED) is 0.868. The maximum Gasteiger partial charge on any atom is 0.276 e. The van der Waals surface area contributed by atoms with Gasteiger partial charge in [-0.1, -0.05) is 0 Å². The lowest BCUT2D eigenvalue weighted by molar-refractivity contribution is 0.0743. The van der Waals surface area contributed by atoms with Crippen LogP contribution in [-0.2, 0) is 0 Å². The van der Waals surface area contributed by atoms with E-state index in [1.54, 1.807) is 4.90 Å². The van der Waals surface area contributed by atoms with Crippen molar-refractivity contribution >= 4 is 23.4 Å². The number of aromatic nitrogens is 2. The van der Waals surface area contributed by atoms with Crippen LogP contribution < -0.4 is 5.73 Å². The fourth-order valence-electron chi connectivity index (χ4n) is 2.37. The van der Waals surface area contributed by atoms with Gasteiger partial charge in [-0.25, -0.2) is 0 Å². The van der Waals surface area contributed by atoms with E-state index in [2.05, 4.69) is 10.2 Å². The molecule has 2 heterocycles. The van der Waals surface area contributed by atoms with Crippen molar-refractivity contribution in [1.82, 2.24) is 15.1 Å². The van der Waals surface area contributed by atoms with Crippen LogP contribution in [0, 0.1) is 0 Å². The third-order valence-electron chi connectivity index (χ3n) is 3.80. The van der Waals surface area contributed by atoms with Crippen LogP contribution in [0.1, 0.15) is 41.4 Å². The maximum atomic E-state index is 12.4. The van der Waals surface area contributed by atoms with Gasteiger partial charge in [0.1, 0.15) is 0 Å². The summed E-state index contributed by atoms with van der Waals surface area (Å²) < 4.78 is 0. The van der Waals surface area contributed by atoms with E-state index in [0.29, 0.717) is 23.3 Å². The van der Waals surface area contributed by atoms with Gasteiger partial charge in [-0.2, -0.15) is 16.9 Å². The Hall–Kier alpha value is -1.17. The molecule has 1 unspecified atom stereocenters. The topological polar surface area (TPSA) is 75.0 Å². The molecule has 1 saturated carbocycles. The van der Waals surface area contributed by atoms with E-state index in [1.165, 1.54) is 0 Å². The van der Waals surface area contributed by atoms with Crippen molar-refractivity contribution in [3.05, 3.63) is 11.4 Å². The van der Waals surface area contributed by atoms with E-state index in [1.807, 2.05) is 18.8 Å². The second-order valence-corrected chi connectivity index (χ2v) is 6.26. The van der Waals surface area contributed by atoms with Crippen molar-refractivity contribution in [3.8, 4) is 0 Å². The highest BCUT2D eigenvalue weighted by atomic mass is 32.2. The van der Waals surface area contributed by atoms with Crippen LogP contribution in [0.3, 0.4) is 0 Å². The van der Waals surface area contributed by atoms with Crippen molar-refractivity contribution in [2.45, 2.75) is 31.2 Å². The molecule has 18 heavy (non-hydrogen) atoms. The Kier molecular flexibility index (Phi) is 2.97. The summed E-state index contributed by atoms with van der Waals surface area (Å²) in [5, 5.41) is 7.06. The van der Waals surface area contributed by atoms with E-state index in [4.69, 9.17) is 5.73 Å². The van der Waals surface area contributed by atoms with Crippen LogP contribution in [0.5, 0.6) is 0 Å². The SMILES string of the molecule is CN(C(=O)c1n[nH]c(C2CC2)c1N)C1CCSC1. The van der Waals surface area contributed by atoms with Crippen molar-refractivity contribution in [2.24, 2.45) is 0 Å². The number of nitrogen functional groups attached to an aromatic ring is 1. The molecule has 0 radical (unpaired) electrons. The Balaban J connectivity index is 1.78. The van der Waals surface area contributed by atoms with Crippen LogP contribution in [0.2, 0.25) is 0 Å². The second-order valence-electron chi connectivity index (χ2n) is 5.11. The van der Waals surface area contributed by atoms with Gasteiger partial charge in [-0.05, 0) is 25.0 Å². The van der Waals surface area contributed by atoms with Crippen LogP contribution in [0.25, 0.3) is 0 Å². The predicted molar refractivity (Wildman–Crippen MR) is 72.8 cm³/mol. The minimum absolute atomic E-state index is 0.0526. The third kappa shape index (κ3) is 1.98. The third-order valence-corrected chi connectivity index (χ3v) is 4.94. The molecule has 2 fully saturated rings. The largest absolute Gasteiger partial charge is 0.395 e. The van der Waals surface area contributed by atoms with Gasteiger partial charge in [0.05, 0.1) is 11.4 Å². The number of nitrogens with two attached hydrogens (primary N) is 1. The van der Waals surface area contributed by atoms with Gasteiger partial charge in [-0.15, -0.1) is 0 Å². The molecule has 1 aliphatic heterocycles. The molecule has 1 atom stereocenters. The van der Waals surface area contributed by atoms with Crippen molar-refractivity contribution < 1.29 is 4.79 Å². The normalized spacial score (nSPS) is 23.3. The van der Waals surface area contributed by atoms with Crippen molar-refractivity contribution in [1.29, 1.82) is 0 Å². The summed E-state index contributed by atoms with van der Waals surface area (Å²) in [7, 11) is 1.85. The molecule has 2 aliphatic rings. The summed E-state index contributed by atoms with van der Waals surface area (Å²) in [5.41, 5.74) is 7.94. The van der Waals surface area contributed by atoms with E-state index in [9.17, 15) is 4.79 Å². The Morgan fingerprint density at radius 3 is 2.89 bits per heavy atom. The molecule has 3 rings (SSSR count). The molecule has 1 saturated heterocycles. The number of hydrogen-bond acceptors (Lipinski definition) is 4. The zero-order chi connectivity index (χ0) is 12.7. The molecule has 5 nitrogen and oxygen atoms in total. The van der Waals surface area contributed by atoms with Crippen LogP contribution in [0.15, 0.2) is 0 Å². The summed E-state index contributed by atoms with van der Waals surface area (Å²) in [4.78, 5) is 14.2. The molecule has 0 bridgehead atoms. The molecule has 0 spiro atoms. The fraction of sp³-hybridized carbons (Fsp3) is 0.667. The number of nitrogens with zero attached hydrogens (tertiary/aromatic N) is 2. The number of anilines is 1. The minimum atomic E-state index is -0.0526. The molecule has 1 aromatic heterocycles. The first-order chi connectivity index (χ1) is 8.68. The molecule has 6 heteroatoms. The first-order valence-corrected chi connectivity index (χ1v) is 7.52. The summed E-state index contributed by atoms with van der Waals surface area (Å²) >= 11 is 1.89. The highest BCUT2D eigenvalue weighted by Crippen LogP contribution is 2.42. The molecule has 0 aromatic carbocycles. The molecule has 1 aromatic rings. The van der Waals surface area contributed by atoms with Crippen molar-refractivity contribution in [2.75, 3.05) is 24.3 Å². The number of carbonyl (C=O) groups is 1. The lowest BCUT2D eigenvalue weighted by atomic mass is 10.2. The average Bonchev–Trinajstić information content (AvgIpc) is 2.92. The molecule has 98 valence electrons. The molecule has 1 amide bonds. The highest BCUT2D eigenvalue weighted by molar-refractivity contribution is 7.99. The number of hydrogen-bond donors (Lipinski definition) is 2. The predicted octanol–water partition coefficient (Wildman–Crippen LogP) is 1.45. The lowest BCUT2D eigenvalue weighted by Gasteiger charge is -2.22. The van der Waals surface area contributed by atoms with E-state index in [-0.39, 0.29) is 5.91 Å². The van der Waals surface area contributed by atoms with Gasteiger partial charge >= 0.3 is 0 Å². The number of nitrogens with one attached hydrogen (secondary N) is 1. The van der Waals surface area contributed by atoms with Gasteiger partial charge in [-0.3, -0.25) is 9.89 Å². The molecular weight excluding hydrogens is 248 g/mol. The zero-order valence-corrected chi connectivity index (χ0v) is 11.3. The van der Waals surface area contributed by atoms with Crippen LogP contribution in [0.4, 0.5) is 5.69 Å². The summed E-state index contributed by atoms with van der Waals surface area (Å²) in [6.45, 7) is 0. The van der Waals surface area contributed by atoms with Crippen LogP contribution in [-0.4, -0.2) is 45.6 Å². The van der Waals surface area contributed by atoms with Gasteiger partial charge in [0.2, 0.25) is 0 Å². The number of amides is 1. The van der Waals surface area contributed by atoms with Gasteiger partial charge in [0.25, 0.3) is 5.91 Å². The Morgan fingerprint density at radius 1 is 1.50 bits per heavy atom. The number of carbonyl (C=O) groups excluding carboxylic acids is 1. The summed E-state index contributed by atoms with van der Waals surface area (Å²) in [6, 6.07) is 0.322. The van der Waals surface area contributed by atoms with Crippen molar-refractivity contribution in [3.63, 3.8) is 0 Å². The summed E-state index contributed by atoms with van der Waals surface area (Å²) in [5.74, 6) is 2.59. The standard InChI is InChI=1S/C12H18N4OS/c1-16(8-4-5-18-6-8)12(17)11-9(13)10(14-15-11)7-2-3-7/h7-8H,2-6,13H2,1H3,(H,14,15). The number of H-pyrrole nitrogens is 1. The molecule has 1 aliphatic carbocycles.